The van der Waals surface area contributed by atoms with Gasteiger partial charge in [0.15, 0.2) is 0 Å². The van der Waals surface area contributed by atoms with Gasteiger partial charge in [-0.25, -0.2) is 0 Å². The number of carboxylic acid groups (broad SMARTS) is 2. The molecule has 0 amide bonds. The number of carbonyl (C=O) groups is 2. The molecule has 0 N–H and O–H groups in total. The van der Waals surface area contributed by atoms with Gasteiger partial charge in [0.25, 0.3) is 0 Å². The molecule has 0 unspecified atom stereocenters. The molecule has 0 saturated heterocycles. The van der Waals surface area contributed by atoms with Crippen LogP contribution in [-0.2, 0) is 9.59 Å². The number of carboxylic acids is 2. The van der Waals surface area contributed by atoms with Crippen molar-refractivity contribution in [2.75, 3.05) is 0 Å². The normalized spacial score (nSPS) is 10.0. The summed E-state index contributed by atoms with van der Waals surface area (Å²) in [4.78, 5) is 20.2. The van der Waals surface area contributed by atoms with Crippen molar-refractivity contribution in [3.63, 3.8) is 0 Å². The van der Waals surface area contributed by atoms with Gasteiger partial charge in [0.2, 0.25) is 0 Å². The molecular formula is C24H46O4Sn. The molecule has 0 saturated carbocycles. The molecule has 5 heteroatoms. The summed E-state index contributed by atoms with van der Waals surface area (Å²) >= 11 is 0. The smallest absolute Gasteiger partial charge is 0.550 e. The Morgan fingerprint density at radius 3 is 0.862 bits per heavy atom. The van der Waals surface area contributed by atoms with Gasteiger partial charge >= 0.3 is 23.9 Å². The van der Waals surface area contributed by atoms with Crippen molar-refractivity contribution in [1.82, 2.24) is 0 Å². The minimum Gasteiger partial charge on any atom is -0.550 e. The van der Waals surface area contributed by atoms with Crippen LogP contribution in [0.1, 0.15) is 142 Å². The van der Waals surface area contributed by atoms with Gasteiger partial charge in [-0.2, -0.15) is 0 Å². The van der Waals surface area contributed by atoms with Gasteiger partial charge in [-0.15, -0.1) is 0 Å². The van der Waals surface area contributed by atoms with Crippen LogP contribution < -0.4 is 10.2 Å². The Kier molecular flexibility index (Phi) is 34.5. The fourth-order valence-corrected chi connectivity index (χ4v) is 3.16. The van der Waals surface area contributed by atoms with Crippen molar-refractivity contribution < 1.29 is 19.8 Å². The average molecular weight is 517 g/mol. The zero-order valence-corrected chi connectivity index (χ0v) is 22.1. The summed E-state index contributed by atoms with van der Waals surface area (Å²) in [5.41, 5.74) is 0. The van der Waals surface area contributed by atoms with Crippen molar-refractivity contribution in [1.29, 1.82) is 0 Å². The maximum Gasteiger partial charge on any atom is 2.00 e. The number of hydrogen-bond donors (Lipinski definition) is 0. The van der Waals surface area contributed by atoms with Crippen molar-refractivity contribution in [2.45, 2.75) is 142 Å². The standard InChI is InChI=1S/2C12H24O2.Sn/c2*1-2-3-4-5-6-7-8-9-10-11-12(13)14;/h2*2-11H2,1H3,(H,13,14);/q;;+2/p-2. The van der Waals surface area contributed by atoms with E-state index in [1.807, 2.05) is 0 Å². The van der Waals surface area contributed by atoms with Crippen LogP contribution in [0.5, 0.6) is 0 Å². The average Bonchev–Trinajstić information content (AvgIpc) is 2.65. The van der Waals surface area contributed by atoms with Crippen molar-refractivity contribution in [3.05, 3.63) is 0 Å². The first kappa shape index (κ1) is 33.4. The molecule has 0 spiro atoms. The number of hydrogen-bond acceptors (Lipinski definition) is 4. The van der Waals surface area contributed by atoms with Gasteiger partial charge in [0.05, 0.1) is 0 Å². The first-order valence-corrected chi connectivity index (χ1v) is 11.9. The van der Waals surface area contributed by atoms with Crippen molar-refractivity contribution >= 4 is 35.8 Å². The predicted octanol–water partition coefficient (Wildman–Crippen LogP) is 4.93. The van der Waals surface area contributed by atoms with E-state index in [4.69, 9.17) is 0 Å². The van der Waals surface area contributed by atoms with Gasteiger partial charge in [-0.3, -0.25) is 0 Å². The largest absolute Gasteiger partial charge is 2.00 e. The van der Waals surface area contributed by atoms with Gasteiger partial charge in [-0.05, 0) is 25.7 Å². The molecule has 170 valence electrons. The fraction of sp³-hybridized carbons (Fsp3) is 0.917. The second-order valence-electron chi connectivity index (χ2n) is 7.90. The molecule has 0 aliphatic carbocycles. The Morgan fingerprint density at radius 1 is 0.448 bits per heavy atom. The number of carbonyl (C=O) groups excluding carboxylic acids is 2. The summed E-state index contributed by atoms with van der Waals surface area (Å²) in [6.45, 7) is 4.44. The summed E-state index contributed by atoms with van der Waals surface area (Å²) < 4.78 is 0. The second-order valence-corrected chi connectivity index (χ2v) is 7.90. The van der Waals surface area contributed by atoms with E-state index in [1.54, 1.807) is 0 Å². The van der Waals surface area contributed by atoms with Crippen molar-refractivity contribution in [2.24, 2.45) is 0 Å². The summed E-state index contributed by atoms with van der Waals surface area (Å²) in [6.07, 6.45) is 22.3. The maximum atomic E-state index is 10.1. The van der Waals surface area contributed by atoms with E-state index >= 15 is 0 Å². The monoisotopic (exact) mass is 518 g/mol. The fourth-order valence-electron chi connectivity index (χ4n) is 3.16. The van der Waals surface area contributed by atoms with Gasteiger partial charge in [-0.1, -0.05) is 117 Å². The third-order valence-electron chi connectivity index (χ3n) is 4.97. The molecule has 0 aromatic carbocycles. The maximum absolute atomic E-state index is 10.1. The quantitative estimate of drug-likeness (QED) is 0.169. The predicted molar refractivity (Wildman–Crippen MR) is 119 cm³/mol. The van der Waals surface area contributed by atoms with E-state index in [0.717, 1.165) is 25.7 Å². The van der Waals surface area contributed by atoms with Crippen LogP contribution in [0.3, 0.4) is 0 Å². The minimum absolute atomic E-state index is 0. The molecule has 0 aromatic rings. The second kappa shape index (κ2) is 29.9. The van der Waals surface area contributed by atoms with Crippen LogP contribution in [-0.4, -0.2) is 35.8 Å². The molecule has 4 nitrogen and oxygen atoms in total. The molecular weight excluding hydrogens is 471 g/mol. The minimum atomic E-state index is -0.909. The first-order chi connectivity index (χ1) is 13.5. The molecule has 0 atom stereocenters. The van der Waals surface area contributed by atoms with Crippen LogP contribution in [0.25, 0.3) is 0 Å². The Balaban J connectivity index is -0.000000451. The Morgan fingerprint density at radius 2 is 0.655 bits per heavy atom. The summed E-state index contributed by atoms with van der Waals surface area (Å²) in [5, 5.41) is 20.2. The summed E-state index contributed by atoms with van der Waals surface area (Å²) in [7, 11) is 0. The number of rotatable bonds is 20. The van der Waals surface area contributed by atoms with Gasteiger partial charge in [0, 0.05) is 11.9 Å². The molecule has 0 bridgehead atoms. The van der Waals surface area contributed by atoms with E-state index in [0.29, 0.717) is 0 Å². The Bertz CT molecular complexity index is 303. The molecule has 0 rings (SSSR count). The van der Waals surface area contributed by atoms with Crippen LogP contribution >= 0.6 is 0 Å². The number of unbranched alkanes of at least 4 members (excludes halogenated alkanes) is 16. The first-order valence-electron chi connectivity index (χ1n) is 11.9. The van der Waals surface area contributed by atoms with Crippen LogP contribution in [0.15, 0.2) is 0 Å². The molecule has 2 radical (unpaired) electrons. The van der Waals surface area contributed by atoms with E-state index in [1.165, 1.54) is 89.9 Å². The number of aliphatic carboxylic acids is 2. The molecule has 0 heterocycles. The zero-order chi connectivity index (χ0) is 21.3. The third-order valence-corrected chi connectivity index (χ3v) is 4.97. The van der Waals surface area contributed by atoms with Crippen LogP contribution in [0.4, 0.5) is 0 Å². The van der Waals surface area contributed by atoms with Crippen LogP contribution in [0, 0.1) is 0 Å². The molecule has 0 fully saturated rings. The van der Waals surface area contributed by atoms with E-state index in [-0.39, 0.29) is 36.7 Å². The summed E-state index contributed by atoms with van der Waals surface area (Å²) in [6, 6.07) is 0. The molecule has 0 aliphatic rings. The van der Waals surface area contributed by atoms with Gasteiger partial charge in [0.1, 0.15) is 0 Å². The SMILES string of the molecule is CCCCCCCCCCCC(=O)[O-].CCCCCCCCCCCC(=O)[O-].[Sn+2]. The molecule has 29 heavy (non-hydrogen) atoms. The zero-order valence-electron chi connectivity index (χ0n) is 19.3. The van der Waals surface area contributed by atoms with E-state index in [9.17, 15) is 19.8 Å². The Hall–Kier alpha value is -0.261. The van der Waals surface area contributed by atoms with Crippen LogP contribution in [0.2, 0.25) is 0 Å². The molecule has 0 aliphatic heterocycles. The van der Waals surface area contributed by atoms with Gasteiger partial charge < -0.3 is 19.8 Å². The Labute approximate surface area is 197 Å². The van der Waals surface area contributed by atoms with Crippen molar-refractivity contribution in [3.8, 4) is 0 Å². The molecule has 0 aromatic heterocycles. The van der Waals surface area contributed by atoms with E-state index in [2.05, 4.69) is 13.8 Å². The summed E-state index contributed by atoms with van der Waals surface area (Å²) in [5.74, 6) is -1.82. The third kappa shape index (κ3) is 38.9. The van der Waals surface area contributed by atoms with E-state index < -0.39 is 11.9 Å². The topological polar surface area (TPSA) is 80.3 Å².